The van der Waals surface area contributed by atoms with Crippen molar-refractivity contribution in [2.75, 3.05) is 37.8 Å². The standard InChI is InChI=1S/C41H74N7O18P3S/c1-4-5-6-7-12-15-18-29(49)19-16-13-10-8-9-11-14-17-20-32(51)70-24-23-43-31(50)21-22-44-39(54)36(53)41(2,3)26-63-69(60,61)66-68(58,59)62-25-30-35(65-67(55,56)57)34(52)40(64-30)48-28-47-33-37(42)45-27-46-38(33)48/h27-30,34-36,40,49,52-53H,4-26H2,1-3H3,(H,43,50)(H,44,54)(H,58,59)(H,60,61)(H2,42,45,46)(H2,55,56,57). The van der Waals surface area contributed by atoms with Crippen LogP contribution in [0.4, 0.5) is 5.82 Å². The molecule has 0 bridgehead atoms. The highest BCUT2D eigenvalue weighted by Crippen LogP contribution is 2.61. The fraction of sp³-hybridized carbons (Fsp3) is 0.805. The molecule has 0 aromatic carbocycles. The number of nitrogens with one attached hydrogen (secondary N) is 2. The minimum Gasteiger partial charge on any atom is -0.393 e. The van der Waals surface area contributed by atoms with Crippen molar-refractivity contribution in [2.24, 2.45) is 5.41 Å². The van der Waals surface area contributed by atoms with Gasteiger partial charge in [0.15, 0.2) is 22.8 Å². The molecule has 402 valence electrons. The Kier molecular flexibility index (Phi) is 27.1. The topological polar surface area (TPSA) is 384 Å². The molecule has 70 heavy (non-hydrogen) atoms. The van der Waals surface area contributed by atoms with Crippen LogP contribution in [0.15, 0.2) is 12.7 Å². The lowest BCUT2D eigenvalue weighted by molar-refractivity contribution is -0.137. The van der Waals surface area contributed by atoms with Gasteiger partial charge in [-0.1, -0.05) is 116 Å². The molecule has 1 saturated heterocycles. The van der Waals surface area contributed by atoms with Crippen LogP contribution in [0.2, 0.25) is 0 Å². The molecule has 0 spiro atoms. The summed E-state index contributed by atoms with van der Waals surface area (Å²) in [6.07, 6.45) is 11.1. The van der Waals surface area contributed by atoms with Crippen LogP contribution in [0.5, 0.6) is 0 Å². The van der Waals surface area contributed by atoms with Gasteiger partial charge in [-0.25, -0.2) is 28.6 Å². The van der Waals surface area contributed by atoms with Crippen molar-refractivity contribution < 1.29 is 85.6 Å². The van der Waals surface area contributed by atoms with E-state index in [0.717, 1.165) is 99.6 Å². The summed E-state index contributed by atoms with van der Waals surface area (Å²) < 4.78 is 62.5. The molecular weight excluding hydrogens is 1000 g/mol. The average molecular weight is 1080 g/mol. The molecule has 1 aliphatic heterocycles. The summed E-state index contributed by atoms with van der Waals surface area (Å²) in [6.45, 7) is 2.75. The molecule has 0 radical (unpaired) electrons. The molecule has 3 rings (SSSR count). The van der Waals surface area contributed by atoms with Crippen molar-refractivity contribution in [1.82, 2.24) is 30.2 Å². The molecule has 0 aliphatic carbocycles. The number of imidazole rings is 1. The number of hydrogen-bond donors (Lipinski definition) is 10. The molecule has 25 nitrogen and oxygen atoms in total. The van der Waals surface area contributed by atoms with Crippen molar-refractivity contribution in [3.63, 3.8) is 0 Å². The van der Waals surface area contributed by atoms with Gasteiger partial charge < -0.3 is 56.0 Å². The minimum atomic E-state index is -5.58. The van der Waals surface area contributed by atoms with Crippen molar-refractivity contribution >= 4 is 69.1 Å². The molecule has 2 amide bonds. The van der Waals surface area contributed by atoms with Crippen LogP contribution in [0, 0.1) is 5.41 Å². The number of hydrogen-bond acceptors (Lipinski definition) is 19. The van der Waals surface area contributed by atoms with E-state index in [9.17, 15) is 63.0 Å². The Morgan fingerprint density at radius 3 is 2.07 bits per heavy atom. The molecule has 29 heteroatoms. The van der Waals surface area contributed by atoms with E-state index in [2.05, 4.69) is 41.3 Å². The summed E-state index contributed by atoms with van der Waals surface area (Å²) in [7, 11) is -16.4. The van der Waals surface area contributed by atoms with Crippen LogP contribution in [0.3, 0.4) is 0 Å². The summed E-state index contributed by atoms with van der Waals surface area (Å²) in [5.74, 6) is -1.06. The van der Waals surface area contributed by atoms with Gasteiger partial charge in [-0.3, -0.25) is 32.5 Å². The zero-order valence-electron chi connectivity index (χ0n) is 40.1. The highest BCUT2D eigenvalue weighted by Gasteiger charge is 2.50. The average Bonchev–Trinajstić information content (AvgIpc) is 3.85. The van der Waals surface area contributed by atoms with E-state index in [1.165, 1.54) is 46.0 Å². The van der Waals surface area contributed by atoms with E-state index in [4.69, 9.17) is 19.5 Å². The fourth-order valence-corrected chi connectivity index (χ4v) is 10.9. The van der Waals surface area contributed by atoms with Crippen LogP contribution in [0.25, 0.3) is 11.2 Å². The molecule has 1 aliphatic rings. The molecule has 11 N–H and O–H groups in total. The molecule has 3 heterocycles. The largest absolute Gasteiger partial charge is 0.481 e. The smallest absolute Gasteiger partial charge is 0.393 e. The van der Waals surface area contributed by atoms with Crippen molar-refractivity contribution in [2.45, 2.75) is 173 Å². The Morgan fingerprint density at radius 1 is 0.843 bits per heavy atom. The lowest BCUT2D eigenvalue weighted by atomic mass is 9.87. The number of nitrogens with zero attached hydrogens (tertiary/aromatic N) is 4. The lowest BCUT2D eigenvalue weighted by Gasteiger charge is -2.30. The number of carbonyl (C=O) groups is 3. The SMILES string of the molecule is CCCCCCCCC(O)CCCCCCCCCCC(=O)SCCNC(=O)CCNC(=O)C(O)C(C)(C)COP(=O)(O)OP(=O)(O)OCC1OC(n2cnc3c(N)ncnc32)C(O)C1OP(=O)(O)O. The van der Waals surface area contributed by atoms with Crippen LogP contribution < -0.4 is 16.4 Å². The second-order valence-electron chi connectivity index (χ2n) is 17.9. The third kappa shape index (κ3) is 23.2. The predicted octanol–water partition coefficient (Wildman–Crippen LogP) is 4.68. The summed E-state index contributed by atoms with van der Waals surface area (Å²) in [6, 6.07) is 0. The number of nitrogens with two attached hydrogens (primary N) is 1. The van der Waals surface area contributed by atoms with Gasteiger partial charge in [-0.2, -0.15) is 4.31 Å². The lowest BCUT2D eigenvalue weighted by Crippen LogP contribution is -2.46. The van der Waals surface area contributed by atoms with E-state index in [1.807, 2.05) is 0 Å². The van der Waals surface area contributed by atoms with Crippen LogP contribution in [0.1, 0.15) is 143 Å². The summed E-state index contributed by atoms with van der Waals surface area (Å²) in [5, 5.41) is 36.8. The summed E-state index contributed by atoms with van der Waals surface area (Å²) >= 11 is 1.14. The van der Waals surface area contributed by atoms with E-state index in [0.29, 0.717) is 12.2 Å². The van der Waals surface area contributed by atoms with Crippen molar-refractivity contribution in [3.05, 3.63) is 12.7 Å². The number of rotatable bonds is 37. The Hall–Kier alpha value is -2.48. The van der Waals surface area contributed by atoms with E-state index in [1.54, 1.807) is 0 Å². The number of ether oxygens (including phenoxy) is 1. The van der Waals surface area contributed by atoms with Gasteiger partial charge in [0.25, 0.3) is 0 Å². The maximum atomic E-state index is 12.8. The van der Waals surface area contributed by atoms with Crippen LogP contribution in [-0.2, 0) is 50.7 Å². The van der Waals surface area contributed by atoms with Gasteiger partial charge in [-0.05, 0) is 19.3 Å². The maximum absolute atomic E-state index is 12.8. The number of aliphatic hydroxyl groups is 3. The Labute approximate surface area is 412 Å². The molecule has 8 atom stereocenters. The highest BCUT2D eigenvalue weighted by molar-refractivity contribution is 8.13. The third-order valence-corrected chi connectivity index (χ3v) is 15.4. The molecule has 0 saturated carbocycles. The van der Waals surface area contributed by atoms with Gasteiger partial charge in [0, 0.05) is 37.1 Å². The number of anilines is 1. The second-order valence-corrected chi connectivity index (χ2v) is 23.3. The Morgan fingerprint density at radius 2 is 1.44 bits per heavy atom. The number of thioether (sulfide) groups is 1. The number of nitrogen functional groups attached to an aromatic ring is 1. The Bertz CT molecular complexity index is 2070. The zero-order valence-corrected chi connectivity index (χ0v) is 43.6. The number of amides is 2. The molecule has 2 aromatic rings. The van der Waals surface area contributed by atoms with E-state index < -0.39 is 84.6 Å². The number of carbonyl (C=O) groups excluding carboxylic acids is 3. The minimum absolute atomic E-state index is 0.0310. The summed E-state index contributed by atoms with van der Waals surface area (Å²) in [4.78, 5) is 88.5. The number of fused-ring (bicyclic) bond motifs is 1. The van der Waals surface area contributed by atoms with Crippen molar-refractivity contribution in [1.29, 1.82) is 0 Å². The van der Waals surface area contributed by atoms with E-state index in [-0.39, 0.29) is 47.7 Å². The van der Waals surface area contributed by atoms with Gasteiger partial charge in [-0.15, -0.1) is 0 Å². The van der Waals surface area contributed by atoms with Crippen LogP contribution in [-0.4, -0.2) is 134 Å². The third-order valence-electron chi connectivity index (χ3n) is 11.3. The summed E-state index contributed by atoms with van der Waals surface area (Å²) in [5.41, 5.74) is 4.28. The monoisotopic (exact) mass is 1080 g/mol. The number of unbranched alkanes of at least 4 members (excludes halogenated alkanes) is 12. The van der Waals surface area contributed by atoms with E-state index >= 15 is 0 Å². The number of phosphoric acid groups is 3. The van der Waals surface area contributed by atoms with Gasteiger partial charge in [0.05, 0.1) is 25.6 Å². The van der Waals surface area contributed by atoms with Crippen molar-refractivity contribution in [3.8, 4) is 0 Å². The second kappa shape index (κ2) is 30.7. The molecule has 2 aromatic heterocycles. The maximum Gasteiger partial charge on any atom is 0.481 e. The highest BCUT2D eigenvalue weighted by atomic mass is 32.2. The molecule has 1 fully saturated rings. The number of aliphatic hydroxyl groups excluding tert-OH is 3. The number of phosphoric ester groups is 3. The normalized spacial score (nSPS) is 20.2. The quantitative estimate of drug-likeness (QED) is 0.0324. The first kappa shape index (κ1) is 61.8. The van der Waals surface area contributed by atoms with Gasteiger partial charge >= 0.3 is 23.5 Å². The fourth-order valence-electron chi connectivity index (χ4n) is 7.38. The first-order valence-corrected chi connectivity index (χ1v) is 29.2. The Balaban J connectivity index is 1.27. The zero-order chi connectivity index (χ0) is 52.0. The van der Waals surface area contributed by atoms with Crippen LogP contribution >= 0.6 is 35.2 Å². The first-order chi connectivity index (χ1) is 32.9. The molecule has 8 unspecified atom stereocenters. The first-order valence-electron chi connectivity index (χ1n) is 23.7. The molecular formula is C41H74N7O18P3S. The predicted molar refractivity (Wildman–Crippen MR) is 257 cm³/mol. The van der Waals surface area contributed by atoms with Gasteiger partial charge in [0.2, 0.25) is 11.8 Å². The number of aromatic nitrogens is 4. The van der Waals surface area contributed by atoms with Gasteiger partial charge in [0.1, 0.15) is 36.3 Å².